The summed E-state index contributed by atoms with van der Waals surface area (Å²) >= 11 is 0. The largest absolute Gasteiger partial charge is 0.484 e. The number of amides is 1. The molecule has 110 valence electrons. The first-order chi connectivity index (χ1) is 9.69. The standard InChI is InChI=1S/C16H24N2O2/c1-3-4-14-5-7-15(8-6-14)20-13-16(19)18-11-9-17(2)10-12-18/h5-8H,3-4,9-13H2,1-2H3. The third-order valence-electron chi connectivity index (χ3n) is 3.68. The number of ether oxygens (including phenoxy) is 1. The molecule has 0 bridgehead atoms. The minimum absolute atomic E-state index is 0.0794. The second kappa shape index (κ2) is 7.29. The first kappa shape index (κ1) is 14.9. The summed E-state index contributed by atoms with van der Waals surface area (Å²) in [6.07, 6.45) is 2.22. The molecule has 0 spiro atoms. The molecule has 0 aromatic heterocycles. The second-order valence-corrected chi connectivity index (χ2v) is 5.37. The summed E-state index contributed by atoms with van der Waals surface area (Å²) in [6.45, 7) is 5.78. The number of hydrogen-bond acceptors (Lipinski definition) is 3. The van der Waals surface area contributed by atoms with Gasteiger partial charge in [0.1, 0.15) is 5.75 Å². The maximum absolute atomic E-state index is 12.0. The minimum atomic E-state index is 0.0794. The number of benzene rings is 1. The van der Waals surface area contributed by atoms with Crippen molar-refractivity contribution in [3.8, 4) is 5.75 Å². The van der Waals surface area contributed by atoms with Crippen LogP contribution in [0.25, 0.3) is 0 Å². The average molecular weight is 276 g/mol. The first-order valence-corrected chi connectivity index (χ1v) is 7.37. The number of aryl methyl sites for hydroxylation is 1. The van der Waals surface area contributed by atoms with Crippen LogP contribution < -0.4 is 4.74 Å². The molecule has 0 saturated carbocycles. The molecule has 1 aliphatic heterocycles. The molecule has 0 unspecified atom stereocenters. The maximum atomic E-state index is 12.0. The molecule has 2 rings (SSSR count). The van der Waals surface area contributed by atoms with Gasteiger partial charge in [0.15, 0.2) is 6.61 Å². The fourth-order valence-electron chi connectivity index (χ4n) is 2.33. The van der Waals surface area contributed by atoms with Crippen molar-refractivity contribution in [2.24, 2.45) is 0 Å². The topological polar surface area (TPSA) is 32.8 Å². The van der Waals surface area contributed by atoms with E-state index in [1.54, 1.807) is 0 Å². The van der Waals surface area contributed by atoms with Gasteiger partial charge in [-0.05, 0) is 31.2 Å². The van der Waals surface area contributed by atoms with Crippen LogP contribution in [-0.4, -0.2) is 55.5 Å². The van der Waals surface area contributed by atoms with Crippen LogP contribution in [0, 0.1) is 0 Å². The van der Waals surface area contributed by atoms with E-state index in [2.05, 4.69) is 31.0 Å². The highest BCUT2D eigenvalue weighted by molar-refractivity contribution is 5.77. The van der Waals surface area contributed by atoms with E-state index in [1.807, 2.05) is 17.0 Å². The molecule has 4 heteroatoms. The zero-order chi connectivity index (χ0) is 14.4. The summed E-state index contributed by atoms with van der Waals surface area (Å²) in [6, 6.07) is 8.03. The van der Waals surface area contributed by atoms with Gasteiger partial charge in [0.25, 0.3) is 5.91 Å². The van der Waals surface area contributed by atoms with E-state index in [0.29, 0.717) is 0 Å². The van der Waals surface area contributed by atoms with Gasteiger partial charge < -0.3 is 14.5 Å². The van der Waals surface area contributed by atoms with Crippen LogP contribution in [0.15, 0.2) is 24.3 Å². The molecule has 1 aliphatic rings. The monoisotopic (exact) mass is 276 g/mol. The third-order valence-corrected chi connectivity index (χ3v) is 3.68. The molecule has 0 aliphatic carbocycles. The highest BCUT2D eigenvalue weighted by Crippen LogP contribution is 2.13. The van der Waals surface area contributed by atoms with Gasteiger partial charge in [-0.2, -0.15) is 0 Å². The Kier molecular flexibility index (Phi) is 5.41. The van der Waals surface area contributed by atoms with E-state index in [4.69, 9.17) is 4.74 Å². The molecule has 0 radical (unpaired) electrons. The van der Waals surface area contributed by atoms with Gasteiger partial charge in [0.2, 0.25) is 0 Å². The lowest BCUT2D eigenvalue weighted by atomic mass is 10.1. The highest BCUT2D eigenvalue weighted by Gasteiger charge is 2.19. The highest BCUT2D eigenvalue weighted by atomic mass is 16.5. The van der Waals surface area contributed by atoms with Gasteiger partial charge in [-0.1, -0.05) is 25.5 Å². The molecular weight excluding hydrogens is 252 g/mol. The Balaban J connectivity index is 1.78. The van der Waals surface area contributed by atoms with Gasteiger partial charge >= 0.3 is 0 Å². The molecular formula is C16H24N2O2. The van der Waals surface area contributed by atoms with E-state index in [-0.39, 0.29) is 12.5 Å². The Morgan fingerprint density at radius 3 is 2.40 bits per heavy atom. The maximum Gasteiger partial charge on any atom is 0.260 e. The smallest absolute Gasteiger partial charge is 0.260 e. The van der Waals surface area contributed by atoms with Crippen LogP contribution in [0.3, 0.4) is 0 Å². The van der Waals surface area contributed by atoms with Gasteiger partial charge in [-0.25, -0.2) is 0 Å². The Morgan fingerprint density at radius 2 is 1.80 bits per heavy atom. The molecule has 0 atom stereocenters. The summed E-state index contributed by atoms with van der Waals surface area (Å²) in [7, 11) is 2.08. The Morgan fingerprint density at radius 1 is 1.15 bits per heavy atom. The molecule has 1 fully saturated rings. The molecule has 20 heavy (non-hydrogen) atoms. The van der Waals surface area contributed by atoms with Crippen molar-refractivity contribution in [3.63, 3.8) is 0 Å². The number of likely N-dealkylation sites (N-methyl/N-ethyl adjacent to an activating group) is 1. The number of rotatable bonds is 5. The van der Waals surface area contributed by atoms with E-state index >= 15 is 0 Å². The van der Waals surface area contributed by atoms with Crippen molar-refractivity contribution in [1.82, 2.24) is 9.80 Å². The SMILES string of the molecule is CCCc1ccc(OCC(=O)N2CCN(C)CC2)cc1. The Labute approximate surface area is 121 Å². The van der Waals surface area contributed by atoms with Crippen LogP contribution in [0.4, 0.5) is 0 Å². The minimum Gasteiger partial charge on any atom is -0.484 e. The molecule has 4 nitrogen and oxygen atoms in total. The fourth-order valence-corrected chi connectivity index (χ4v) is 2.33. The van der Waals surface area contributed by atoms with E-state index in [0.717, 1.165) is 44.8 Å². The molecule has 1 amide bonds. The lowest BCUT2D eigenvalue weighted by molar-refractivity contribution is -0.134. The zero-order valence-electron chi connectivity index (χ0n) is 12.5. The van der Waals surface area contributed by atoms with Gasteiger partial charge in [0, 0.05) is 26.2 Å². The van der Waals surface area contributed by atoms with Gasteiger partial charge in [-0.3, -0.25) is 4.79 Å². The zero-order valence-corrected chi connectivity index (χ0v) is 12.5. The molecule has 1 aromatic carbocycles. The molecule has 1 saturated heterocycles. The van der Waals surface area contributed by atoms with Crippen LogP contribution in [0.1, 0.15) is 18.9 Å². The predicted molar refractivity (Wildman–Crippen MR) is 80.0 cm³/mol. The third kappa shape index (κ3) is 4.23. The van der Waals surface area contributed by atoms with Crippen LogP contribution in [0.5, 0.6) is 5.75 Å². The van der Waals surface area contributed by atoms with E-state index in [1.165, 1.54) is 5.56 Å². The summed E-state index contributed by atoms with van der Waals surface area (Å²) in [5, 5.41) is 0. The number of hydrogen-bond donors (Lipinski definition) is 0. The molecule has 0 N–H and O–H groups in total. The van der Waals surface area contributed by atoms with Crippen LogP contribution >= 0.6 is 0 Å². The summed E-state index contributed by atoms with van der Waals surface area (Å²) in [5.41, 5.74) is 1.31. The van der Waals surface area contributed by atoms with Crippen molar-refractivity contribution >= 4 is 5.91 Å². The average Bonchev–Trinajstić information content (AvgIpc) is 2.47. The number of carbonyl (C=O) groups excluding carboxylic acids is 1. The Bertz CT molecular complexity index is 423. The van der Waals surface area contributed by atoms with Crippen molar-refractivity contribution in [3.05, 3.63) is 29.8 Å². The first-order valence-electron chi connectivity index (χ1n) is 7.37. The molecule has 1 heterocycles. The normalized spacial score (nSPS) is 16.2. The number of carbonyl (C=O) groups is 1. The quantitative estimate of drug-likeness (QED) is 0.822. The lowest BCUT2D eigenvalue weighted by Crippen LogP contribution is -2.48. The van der Waals surface area contributed by atoms with Crippen molar-refractivity contribution in [1.29, 1.82) is 0 Å². The second-order valence-electron chi connectivity index (χ2n) is 5.37. The molecule has 1 aromatic rings. The number of nitrogens with zero attached hydrogens (tertiary/aromatic N) is 2. The fraction of sp³-hybridized carbons (Fsp3) is 0.562. The van der Waals surface area contributed by atoms with Gasteiger partial charge in [0.05, 0.1) is 0 Å². The van der Waals surface area contributed by atoms with Gasteiger partial charge in [-0.15, -0.1) is 0 Å². The van der Waals surface area contributed by atoms with E-state index in [9.17, 15) is 4.79 Å². The summed E-state index contributed by atoms with van der Waals surface area (Å²) in [4.78, 5) is 16.1. The predicted octanol–water partition coefficient (Wildman–Crippen LogP) is 1.79. The Hall–Kier alpha value is -1.55. The lowest BCUT2D eigenvalue weighted by Gasteiger charge is -2.32. The van der Waals surface area contributed by atoms with Crippen molar-refractivity contribution < 1.29 is 9.53 Å². The van der Waals surface area contributed by atoms with Crippen molar-refractivity contribution in [2.75, 3.05) is 39.8 Å². The summed E-state index contributed by atoms with van der Waals surface area (Å²) < 4.78 is 5.58. The van der Waals surface area contributed by atoms with E-state index < -0.39 is 0 Å². The van der Waals surface area contributed by atoms with Crippen LogP contribution in [-0.2, 0) is 11.2 Å². The number of piperazine rings is 1. The summed E-state index contributed by atoms with van der Waals surface area (Å²) in [5.74, 6) is 0.850. The van der Waals surface area contributed by atoms with Crippen LogP contribution in [0.2, 0.25) is 0 Å². The van der Waals surface area contributed by atoms with Crippen molar-refractivity contribution in [2.45, 2.75) is 19.8 Å².